The molecule has 2 aliphatic heterocycles. The van der Waals surface area contributed by atoms with E-state index in [4.69, 9.17) is 9.47 Å². The van der Waals surface area contributed by atoms with E-state index in [0.717, 1.165) is 16.8 Å². The monoisotopic (exact) mass is 360 g/mol. The zero-order valence-corrected chi connectivity index (χ0v) is 16.1. The lowest BCUT2D eigenvalue weighted by Crippen LogP contribution is -2.53. The van der Waals surface area contributed by atoms with Crippen LogP contribution >= 0.6 is 0 Å². The van der Waals surface area contributed by atoms with E-state index in [2.05, 4.69) is 5.32 Å². The maximum atomic E-state index is 13.0. The molecule has 3 rings (SSSR count). The van der Waals surface area contributed by atoms with Crippen LogP contribution in [0.2, 0.25) is 0 Å². The number of amides is 2. The SMILES string of the molecule is Cc1cccc(NC(=O)C(C)(C)C(=O)N2CCC3(CC2)OCCO3)c1C. The van der Waals surface area contributed by atoms with Gasteiger partial charge in [-0.25, -0.2) is 0 Å². The van der Waals surface area contributed by atoms with Gasteiger partial charge in [-0.15, -0.1) is 0 Å². The van der Waals surface area contributed by atoms with Gasteiger partial charge >= 0.3 is 0 Å². The number of aryl methyl sites for hydroxylation is 1. The Morgan fingerprint density at radius 2 is 1.73 bits per heavy atom. The zero-order valence-electron chi connectivity index (χ0n) is 16.1. The summed E-state index contributed by atoms with van der Waals surface area (Å²) in [4.78, 5) is 27.6. The van der Waals surface area contributed by atoms with Crippen molar-refractivity contribution in [3.8, 4) is 0 Å². The highest BCUT2D eigenvalue weighted by Crippen LogP contribution is 2.33. The first-order valence-electron chi connectivity index (χ1n) is 9.20. The number of carbonyl (C=O) groups is 2. The average Bonchev–Trinajstić information content (AvgIpc) is 3.07. The Hall–Kier alpha value is -1.92. The van der Waals surface area contributed by atoms with E-state index in [1.54, 1.807) is 18.7 Å². The molecule has 0 radical (unpaired) electrons. The normalized spacial score (nSPS) is 19.6. The van der Waals surface area contributed by atoms with Crippen molar-refractivity contribution in [3.63, 3.8) is 0 Å². The van der Waals surface area contributed by atoms with Crippen LogP contribution in [0.25, 0.3) is 0 Å². The van der Waals surface area contributed by atoms with Gasteiger partial charge in [-0.1, -0.05) is 12.1 Å². The topological polar surface area (TPSA) is 67.9 Å². The predicted molar refractivity (Wildman–Crippen MR) is 98.8 cm³/mol. The van der Waals surface area contributed by atoms with Crippen molar-refractivity contribution in [3.05, 3.63) is 29.3 Å². The molecule has 2 fully saturated rings. The van der Waals surface area contributed by atoms with Gasteiger partial charge in [0, 0.05) is 31.6 Å². The van der Waals surface area contributed by atoms with Gasteiger partial charge in [-0.3, -0.25) is 9.59 Å². The molecular weight excluding hydrogens is 332 g/mol. The van der Waals surface area contributed by atoms with Crippen molar-refractivity contribution in [1.29, 1.82) is 0 Å². The summed E-state index contributed by atoms with van der Waals surface area (Å²) in [5, 5.41) is 2.92. The smallest absolute Gasteiger partial charge is 0.239 e. The lowest BCUT2D eigenvalue weighted by Gasteiger charge is -2.40. The average molecular weight is 360 g/mol. The number of anilines is 1. The molecule has 6 heteroatoms. The Morgan fingerprint density at radius 3 is 2.35 bits per heavy atom. The van der Waals surface area contributed by atoms with Crippen molar-refractivity contribution in [2.45, 2.75) is 46.3 Å². The van der Waals surface area contributed by atoms with E-state index < -0.39 is 11.2 Å². The molecule has 142 valence electrons. The number of nitrogens with one attached hydrogen (secondary N) is 1. The number of benzene rings is 1. The van der Waals surface area contributed by atoms with Crippen LogP contribution in [-0.2, 0) is 19.1 Å². The Labute approximate surface area is 154 Å². The summed E-state index contributed by atoms with van der Waals surface area (Å²) >= 11 is 0. The number of rotatable bonds is 3. The summed E-state index contributed by atoms with van der Waals surface area (Å²) < 4.78 is 11.4. The fraction of sp³-hybridized carbons (Fsp3) is 0.600. The van der Waals surface area contributed by atoms with E-state index in [0.29, 0.717) is 39.1 Å². The van der Waals surface area contributed by atoms with E-state index in [1.165, 1.54) is 0 Å². The van der Waals surface area contributed by atoms with E-state index in [-0.39, 0.29) is 11.8 Å². The van der Waals surface area contributed by atoms with Crippen LogP contribution in [0.3, 0.4) is 0 Å². The summed E-state index contributed by atoms with van der Waals surface area (Å²) in [6.45, 7) is 9.63. The Balaban J connectivity index is 1.66. The van der Waals surface area contributed by atoms with Gasteiger partial charge in [0.1, 0.15) is 5.41 Å². The van der Waals surface area contributed by atoms with Crippen LogP contribution in [0.15, 0.2) is 18.2 Å². The summed E-state index contributed by atoms with van der Waals surface area (Å²) in [5.74, 6) is -0.972. The molecular formula is C20H28N2O4. The highest BCUT2D eigenvalue weighted by atomic mass is 16.7. The molecule has 0 atom stereocenters. The number of piperidine rings is 1. The van der Waals surface area contributed by atoms with Crippen molar-refractivity contribution < 1.29 is 19.1 Å². The first-order valence-corrected chi connectivity index (χ1v) is 9.20. The number of carbonyl (C=O) groups excluding carboxylic acids is 2. The highest BCUT2D eigenvalue weighted by Gasteiger charge is 2.45. The van der Waals surface area contributed by atoms with Crippen molar-refractivity contribution in [2.24, 2.45) is 5.41 Å². The third-order valence-corrected chi connectivity index (χ3v) is 5.58. The predicted octanol–water partition coefficient (Wildman–Crippen LogP) is 2.63. The molecule has 2 heterocycles. The van der Waals surface area contributed by atoms with Crippen molar-refractivity contribution in [2.75, 3.05) is 31.6 Å². The lowest BCUT2D eigenvalue weighted by molar-refractivity contribution is -0.189. The standard InChI is InChI=1S/C20H28N2O4/c1-14-6-5-7-16(15(14)2)21-17(23)19(3,4)18(24)22-10-8-20(9-11-22)25-12-13-26-20/h5-7H,8-13H2,1-4H3,(H,21,23). The van der Waals surface area contributed by atoms with Crippen LogP contribution in [0.5, 0.6) is 0 Å². The van der Waals surface area contributed by atoms with Crippen molar-refractivity contribution >= 4 is 17.5 Å². The summed E-state index contributed by atoms with van der Waals surface area (Å²) in [5.41, 5.74) is 1.73. The van der Waals surface area contributed by atoms with Gasteiger partial charge in [0.15, 0.2) is 5.79 Å². The fourth-order valence-corrected chi connectivity index (χ4v) is 3.49. The van der Waals surface area contributed by atoms with Gasteiger partial charge in [0.05, 0.1) is 13.2 Å². The Bertz CT molecular complexity index is 698. The molecule has 0 bridgehead atoms. The van der Waals surface area contributed by atoms with E-state index in [1.807, 2.05) is 32.0 Å². The maximum absolute atomic E-state index is 13.0. The maximum Gasteiger partial charge on any atom is 0.239 e. The van der Waals surface area contributed by atoms with Gasteiger partial charge in [0.25, 0.3) is 0 Å². The minimum atomic E-state index is -1.14. The number of nitrogens with zero attached hydrogens (tertiary/aromatic N) is 1. The molecule has 2 aliphatic rings. The largest absolute Gasteiger partial charge is 0.347 e. The van der Waals surface area contributed by atoms with Crippen LogP contribution in [0, 0.1) is 19.3 Å². The first-order chi connectivity index (χ1) is 12.3. The molecule has 26 heavy (non-hydrogen) atoms. The number of ether oxygens (including phenoxy) is 2. The molecule has 0 aliphatic carbocycles. The Kier molecular flexibility index (Phi) is 5.08. The second-order valence-electron chi connectivity index (χ2n) is 7.73. The molecule has 6 nitrogen and oxygen atoms in total. The minimum absolute atomic E-state index is 0.159. The van der Waals surface area contributed by atoms with Gasteiger partial charge < -0.3 is 19.7 Å². The van der Waals surface area contributed by atoms with Gasteiger partial charge in [-0.05, 0) is 44.9 Å². The lowest BCUT2D eigenvalue weighted by atomic mass is 9.88. The van der Waals surface area contributed by atoms with Gasteiger partial charge in [-0.2, -0.15) is 0 Å². The molecule has 0 saturated carbocycles. The number of hydrogen-bond acceptors (Lipinski definition) is 4. The number of likely N-dealkylation sites (tertiary alicyclic amines) is 1. The quantitative estimate of drug-likeness (QED) is 0.842. The zero-order chi connectivity index (χ0) is 18.9. The highest BCUT2D eigenvalue weighted by molar-refractivity contribution is 6.10. The van der Waals surface area contributed by atoms with E-state index in [9.17, 15) is 9.59 Å². The number of hydrogen-bond donors (Lipinski definition) is 1. The molecule has 2 saturated heterocycles. The molecule has 0 unspecified atom stereocenters. The summed E-state index contributed by atoms with van der Waals surface area (Å²) in [6.07, 6.45) is 1.29. The second kappa shape index (κ2) is 7.00. The third-order valence-electron chi connectivity index (χ3n) is 5.58. The van der Waals surface area contributed by atoms with Crippen LogP contribution in [0.1, 0.15) is 37.8 Å². The molecule has 1 spiro atoms. The first kappa shape index (κ1) is 18.9. The van der Waals surface area contributed by atoms with Crippen LogP contribution in [-0.4, -0.2) is 48.8 Å². The van der Waals surface area contributed by atoms with Crippen LogP contribution in [0.4, 0.5) is 5.69 Å². The van der Waals surface area contributed by atoms with Gasteiger partial charge in [0.2, 0.25) is 11.8 Å². The molecule has 2 amide bonds. The second-order valence-corrected chi connectivity index (χ2v) is 7.73. The minimum Gasteiger partial charge on any atom is -0.347 e. The summed E-state index contributed by atoms with van der Waals surface area (Å²) in [6, 6.07) is 5.76. The molecule has 0 aromatic heterocycles. The fourth-order valence-electron chi connectivity index (χ4n) is 3.49. The molecule has 1 aromatic rings. The van der Waals surface area contributed by atoms with E-state index >= 15 is 0 Å². The van der Waals surface area contributed by atoms with Crippen molar-refractivity contribution in [1.82, 2.24) is 4.90 Å². The van der Waals surface area contributed by atoms with Crippen LogP contribution < -0.4 is 5.32 Å². The Morgan fingerprint density at radius 1 is 1.12 bits per heavy atom. The molecule has 1 aromatic carbocycles. The third kappa shape index (κ3) is 3.48. The molecule has 1 N–H and O–H groups in total. The summed E-state index contributed by atoms with van der Waals surface area (Å²) in [7, 11) is 0.